The monoisotopic (exact) mass is 335 g/mol. The third kappa shape index (κ3) is 2.01. The van der Waals surface area contributed by atoms with Crippen LogP contribution in [0.4, 0.5) is 4.39 Å². The third-order valence-corrected chi connectivity index (χ3v) is 4.76. The molecular weight excluding hydrogens is 321 g/mol. The van der Waals surface area contributed by atoms with Crippen molar-refractivity contribution in [1.29, 1.82) is 0 Å². The lowest BCUT2D eigenvalue weighted by Gasteiger charge is -2.08. The summed E-state index contributed by atoms with van der Waals surface area (Å²) < 4.78 is 19.9. The number of hydrogen-bond donors (Lipinski definition) is 0. The minimum atomic E-state index is -0.188. The normalized spacial score (nSPS) is 18.5. The van der Waals surface area contributed by atoms with Crippen LogP contribution < -0.4 is 0 Å². The van der Waals surface area contributed by atoms with E-state index in [1.807, 2.05) is 6.07 Å². The quantitative estimate of drug-likeness (QED) is 0.724. The SMILES string of the molecule is Fc1cccc(C2CC2)c1-c1noc(C2CC2)c1CBr. The van der Waals surface area contributed by atoms with E-state index in [1.165, 1.54) is 6.07 Å². The fourth-order valence-corrected chi connectivity index (χ4v) is 3.38. The van der Waals surface area contributed by atoms with Crippen LogP contribution in [0, 0.1) is 5.82 Å². The van der Waals surface area contributed by atoms with E-state index in [2.05, 4.69) is 21.1 Å². The standard InChI is InChI=1S/C16H15BrFNO/c17-8-12-15(19-20-16(12)10-6-7-10)14-11(9-4-5-9)2-1-3-13(14)18/h1-3,9-10H,4-8H2. The van der Waals surface area contributed by atoms with Gasteiger partial charge in [0.2, 0.25) is 0 Å². The van der Waals surface area contributed by atoms with Crippen LogP contribution in [0.3, 0.4) is 0 Å². The Balaban J connectivity index is 1.88. The second-order valence-electron chi connectivity index (χ2n) is 5.76. The first-order valence-corrected chi connectivity index (χ1v) is 8.25. The number of nitrogens with zero attached hydrogens (tertiary/aromatic N) is 1. The van der Waals surface area contributed by atoms with Crippen molar-refractivity contribution < 1.29 is 8.91 Å². The molecule has 104 valence electrons. The Morgan fingerprint density at radius 3 is 2.60 bits per heavy atom. The van der Waals surface area contributed by atoms with Gasteiger partial charge in [-0.1, -0.05) is 33.2 Å². The molecule has 0 unspecified atom stereocenters. The molecule has 2 nitrogen and oxygen atoms in total. The van der Waals surface area contributed by atoms with Gasteiger partial charge < -0.3 is 4.52 Å². The molecule has 2 aliphatic carbocycles. The van der Waals surface area contributed by atoms with Crippen LogP contribution in [0.15, 0.2) is 22.7 Å². The van der Waals surface area contributed by atoms with E-state index in [0.717, 1.165) is 42.6 Å². The van der Waals surface area contributed by atoms with Crippen molar-refractivity contribution in [3.05, 3.63) is 40.9 Å². The van der Waals surface area contributed by atoms with Gasteiger partial charge in [0.1, 0.15) is 17.3 Å². The Morgan fingerprint density at radius 1 is 1.20 bits per heavy atom. The molecule has 2 aliphatic rings. The average Bonchev–Trinajstić information content (AvgIpc) is 3.35. The highest BCUT2D eigenvalue weighted by atomic mass is 79.9. The number of aromatic nitrogens is 1. The fraction of sp³-hybridized carbons (Fsp3) is 0.438. The molecule has 0 atom stereocenters. The minimum absolute atomic E-state index is 0.188. The summed E-state index contributed by atoms with van der Waals surface area (Å²) in [7, 11) is 0. The van der Waals surface area contributed by atoms with Crippen molar-refractivity contribution in [1.82, 2.24) is 5.16 Å². The zero-order valence-electron chi connectivity index (χ0n) is 11.0. The summed E-state index contributed by atoms with van der Waals surface area (Å²) in [5.74, 6) is 1.74. The predicted octanol–water partition coefficient (Wildman–Crippen LogP) is 5.13. The van der Waals surface area contributed by atoms with Crippen molar-refractivity contribution in [2.24, 2.45) is 0 Å². The van der Waals surface area contributed by atoms with Crippen LogP contribution in [0.5, 0.6) is 0 Å². The third-order valence-electron chi connectivity index (χ3n) is 4.20. The zero-order valence-corrected chi connectivity index (χ0v) is 12.6. The van der Waals surface area contributed by atoms with Crippen LogP contribution in [0.1, 0.15) is 54.4 Å². The maximum absolute atomic E-state index is 14.4. The summed E-state index contributed by atoms with van der Waals surface area (Å²) in [4.78, 5) is 0. The zero-order chi connectivity index (χ0) is 13.7. The molecule has 0 aliphatic heterocycles. The summed E-state index contributed by atoms with van der Waals surface area (Å²) in [5, 5.41) is 4.87. The Hall–Kier alpha value is -1.16. The number of rotatable bonds is 4. The summed E-state index contributed by atoms with van der Waals surface area (Å²) in [6.45, 7) is 0. The molecule has 0 radical (unpaired) electrons. The molecule has 1 heterocycles. The first kappa shape index (κ1) is 12.6. The van der Waals surface area contributed by atoms with Crippen LogP contribution in [0.2, 0.25) is 0 Å². The second kappa shape index (κ2) is 4.69. The van der Waals surface area contributed by atoms with Gasteiger partial charge in [0.25, 0.3) is 0 Å². The van der Waals surface area contributed by atoms with Gasteiger partial charge in [0.15, 0.2) is 0 Å². The fourth-order valence-electron chi connectivity index (χ4n) is 2.84. The second-order valence-corrected chi connectivity index (χ2v) is 6.32. The van der Waals surface area contributed by atoms with Crippen LogP contribution >= 0.6 is 15.9 Å². The van der Waals surface area contributed by atoms with Gasteiger partial charge in [-0.05, 0) is 43.2 Å². The van der Waals surface area contributed by atoms with E-state index in [4.69, 9.17) is 4.52 Å². The van der Waals surface area contributed by atoms with E-state index in [0.29, 0.717) is 28.4 Å². The molecule has 1 aromatic carbocycles. The molecule has 2 aromatic rings. The maximum atomic E-state index is 14.4. The van der Waals surface area contributed by atoms with Gasteiger partial charge in [-0.3, -0.25) is 0 Å². The topological polar surface area (TPSA) is 26.0 Å². The largest absolute Gasteiger partial charge is 0.360 e. The molecule has 20 heavy (non-hydrogen) atoms. The van der Waals surface area contributed by atoms with Crippen molar-refractivity contribution in [3.8, 4) is 11.3 Å². The first-order chi connectivity index (χ1) is 9.79. The highest BCUT2D eigenvalue weighted by Gasteiger charge is 2.35. The molecule has 4 heteroatoms. The van der Waals surface area contributed by atoms with Gasteiger partial charge in [0, 0.05) is 22.4 Å². The molecule has 0 amide bonds. The summed E-state index contributed by atoms with van der Waals surface area (Å²) >= 11 is 3.51. The van der Waals surface area contributed by atoms with E-state index < -0.39 is 0 Å². The summed E-state index contributed by atoms with van der Waals surface area (Å²) in [6.07, 6.45) is 4.60. The molecule has 0 saturated heterocycles. The minimum Gasteiger partial charge on any atom is -0.360 e. The van der Waals surface area contributed by atoms with E-state index >= 15 is 0 Å². The maximum Gasteiger partial charge on any atom is 0.144 e. The molecule has 0 spiro atoms. The van der Waals surface area contributed by atoms with Gasteiger partial charge >= 0.3 is 0 Å². The lowest BCUT2D eigenvalue weighted by Crippen LogP contribution is -1.95. The van der Waals surface area contributed by atoms with Gasteiger partial charge in [-0.25, -0.2) is 4.39 Å². The van der Waals surface area contributed by atoms with E-state index in [-0.39, 0.29) is 5.82 Å². The Bertz CT molecular complexity index is 658. The predicted molar refractivity (Wildman–Crippen MR) is 78.5 cm³/mol. The molecule has 2 saturated carbocycles. The van der Waals surface area contributed by atoms with Crippen molar-refractivity contribution >= 4 is 15.9 Å². The number of hydrogen-bond acceptors (Lipinski definition) is 2. The van der Waals surface area contributed by atoms with Crippen molar-refractivity contribution in [2.45, 2.75) is 42.8 Å². The van der Waals surface area contributed by atoms with Gasteiger partial charge in [-0.15, -0.1) is 0 Å². The lowest BCUT2D eigenvalue weighted by atomic mass is 9.97. The Labute approximate surface area is 125 Å². The number of benzene rings is 1. The molecule has 4 rings (SSSR count). The Morgan fingerprint density at radius 2 is 1.95 bits per heavy atom. The summed E-state index contributed by atoms with van der Waals surface area (Å²) in [5.41, 5.74) is 3.46. The molecule has 0 bridgehead atoms. The van der Waals surface area contributed by atoms with Crippen molar-refractivity contribution in [2.75, 3.05) is 0 Å². The molecular formula is C16H15BrFNO. The van der Waals surface area contributed by atoms with Crippen LogP contribution in [-0.4, -0.2) is 5.16 Å². The van der Waals surface area contributed by atoms with E-state index in [9.17, 15) is 4.39 Å². The number of halogens is 2. The lowest BCUT2D eigenvalue weighted by molar-refractivity contribution is 0.385. The van der Waals surface area contributed by atoms with Gasteiger partial charge in [-0.2, -0.15) is 0 Å². The molecule has 0 N–H and O–H groups in total. The van der Waals surface area contributed by atoms with Crippen molar-refractivity contribution in [3.63, 3.8) is 0 Å². The highest BCUT2D eigenvalue weighted by Crippen LogP contribution is 2.48. The molecule has 2 fully saturated rings. The van der Waals surface area contributed by atoms with Crippen LogP contribution in [0.25, 0.3) is 11.3 Å². The highest BCUT2D eigenvalue weighted by molar-refractivity contribution is 9.08. The first-order valence-electron chi connectivity index (χ1n) is 7.12. The Kier molecular flexibility index (Phi) is 2.95. The molecule has 1 aromatic heterocycles. The summed E-state index contributed by atoms with van der Waals surface area (Å²) in [6, 6.07) is 5.34. The average molecular weight is 336 g/mol. The van der Waals surface area contributed by atoms with Gasteiger partial charge in [0.05, 0.1) is 0 Å². The smallest absolute Gasteiger partial charge is 0.144 e. The van der Waals surface area contributed by atoms with E-state index in [1.54, 1.807) is 6.07 Å². The number of alkyl halides is 1. The van der Waals surface area contributed by atoms with Crippen LogP contribution in [-0.2, 0) is 5.33 Å².